The average molecular weight is 901 g/mol. The number of hydrogen-bond acceptors (Lipinski definition) is 6. The molecule has 1 atom stereocenters. The fraction of sp³-hybridized carbons (Fsp3) is 0.879. The highest BCUT2D eigenvalue weighted by molar-refractivity contribution is 5.71. The van der Waals surface area contributed by atoms with Gasteiger partial charge >= 0.3 is 17.9 Å². The van der Waals surface area contributed by atoms with E-state index in [2.05, 4.69) is 45.1 Å². The summed E-state index contributed by atoms with van der Waals surface area (Å²) in [6.45, 7) is 6.64. The van der Waals surface area contributed by atoms with Crippen molar-refractivity contribution < 1.29 is 28.6 Å². The molecule has 0 spiro atoms. The first kappa shape index (κ1) is 61.9. The maximum absolute atomic E-state index is 12.8. The van der Waals surface area contributed by atoms with E-state index in [4.69, 9.17) is 14.2 Å². The third-order valence-corrected chi connectivity index (χ3v) is 12.7. The maximum atomic E-state index is 12.8. The smallest absolute Gasteiger partial charge is 0.306 e. The van der Waals surface area contributed by atoms with Crippen molar-refractivity contribution >= 4 is 17.9 Å². The number of allylic oxidation sites excluding steroid dienone is 4. The van der Waals surface area contributed by atoms with Crippen LogP contribution in [0.25, 0.3) is 0 Å². The monoisotopic (exact) mass is 901 g/mol. The number of carbonyl (C=O) groups is 3. The Bertz CT molecular complexity index is 1040. The highest BCUT2D eigenvalue weighted by atomic mass is 16.6. The maximum Gasteiger partial charge on any atom is 0.306 e. The molecule has 0 aliphatic carbocycles. The quantitative estimate of drug-likeness (QED) is 0.0262. The van der Waals surface area contributed by atoms with Crippen molar-refractivity contribution in [3.05, 3.63) is 24.3 Å². The zero-order valence-electron chi connectivity index (χ0n) is 43.1. The molecule has 0 aliphatic heterocycles. The SMILES string of the molecule is CCCCC/C=C\C/C=C\CCCCCCCCCC(=O)O[C@H](COC(=O)CCCCCCCCCCCC)COC(=O)CCCCCCCCCCCCCCCCCCCCC. The molecular formula is C58H108O6. The van der Waals surface area contributed by atoms with E-state index in [0.29, 0.717) is 19.3 Å². The van der Waals surface area contributed by atoms with Gasteiger partial charge in [-0.3, -0.25) is 14.4 Å². The molecule has 0 saturated heterocycles. The number of hydrogen-bond donors (Lipinski definition) is 0. The van der Waals surface area contributed by atoms with Crippen LogP contribution in [0.5, 0.6) is 0 Å². The van der Waals surface area contributed by atoms with E-state index in [9.17, 15) is 14.4 Å². The van der Waals surface area contributed by atoms with Crippen molar-refractivity contribution in [2.45, 2.75) is 316 Å². The van der Waals surface area contributed by atoms with Gasteiger partial charge in [-0.15, -0.1) is 0 Å². The fourth-order valence-electron chi connectivity index (χ4n) is 8.42. The van der Waals surface area contributed by atoms with Crippen molar-refractivity contribution in [2.75, 3.05) is 13.2 Å². The summed E-state index contributed by atoms with van der Waals surface area (Å²) in [6.07, 6.45) is 61.7. The molecule has 0 aromatic carbocycles. The highest BCUT2D eigenvalue weighted by Crippen LogP contribution is 2.17. The summed E-state index contributed by atoms with van der Waals surface area (Å²) in [5.41, 5.74) is 0. The largest absolute Gasteiger partial charge is 0.462 e. The second-order valence-corrected chi connectivity index (χ2v) is 19.2. The molecule has 6 nitrogen and oxygen atoms in total. The second kappa shape index (κ2) is 53.5. The summed E-state index contributed by atoms with van der Waals surface area (Å²) < 4.78 is 16.8. The lowest BCUT2D eigenvalue weighted by atomic mass is 10.0. The average Bonchev–Trinajstić information content (AvgIpc) is 3.29. The molecule has 0 fully saturated rings. The first-order chi connectivity index (χ1) is 31.5. The second-order valence-electron chi connectivity index (χ2n) is 19.2. The normalized spacial score (nSPS) is 12.1. The van der Waals surface area contributed by atoms with Gasteiger partial charge in [-0.1, -0.05) is 263 Å². The standard InChI is InChI=1S/C58H108O6/c1-4-7-10-13-16-19-22-24-26-28-29-31-32-34-36-39-42-45-48-51-57(60)63-54-55(53-62-56(59)50-47-44-41-38-21-18-15-12-9-6-3)64-58(61)52-49-46-43-40-37-35-33-30-27-25-23-20-17-14-11-8-5-2/h17,20,25,27,55H,4-16,18-19,21-24,26,28-54H2,1-3H3/b20-17-,27-25-/t55-/m1/s1. The van der Waals surface area contributed by atoms with Gasteiger partial charge < -0.3 is 14.2 Å². The Morgan fingerprint density at radius 1 is 0.312 bits per heavy atom. The molecular weight excluding hydrogens is 793 g/mol. The minimum atomic E-state index is -0.769. The first-order valence-corrected chi connectivity index (χ1v) is 28.3. The van der Waals surface area contributed by atoms with E-state index in [0.717, 1.165) is 70.6 Å². The number of rotatable bonds is 52. The van der Waals surface area contributed by atoms with Crippen LogP contribution in [-0.2, 0) is 28.6 Å². The van der Waals surface area contributed by atoms with Crippen molar-refractivity contribution in [2.24, 2.45) is 0 Å². The lowest BCUT2D eigenvalue weighted by Crippen LogP contribution is -2.30. The zero-order valence-corrected chi connectivity index (χ0v) is 43.1. The Labute approximate surface area is 398 Å². The fourth-order valence-corrected chi connectivity index (χ4v) is 8.42. The molecule has 376 valence electrons. The zero-order chi connectivity index (χ0) is 46.5. The van der Waals surface area contributed by atoms with Crippen molar-refractivity contribution in [3.8, 4) is 0 Å². The molecule has 0 unspecified atom stereocenters. The third kappa shape index (κ3) is 50.9. The van der Waals surface area contributed by atoms with E-state index in [1.807, 2.05) is 0 Å². The van der Waals surface area contributed by atoms with Crippen LogP contribution in [-0.4, -0.2) is 37.2 Å². The van der Waals surface area contributed by atoms with Gasteiger partial charge in [0.15, 0.2) is 6.10 Å². The van der Waals surface area contributed by atoms with Gasteiger partial charge in [0.1, 0.15) is 13.2 Å². The Kier molecular flexibility index (Phi) is 51.7. The lowest BCUT2D eigenvalue weighted by molar-refractivity contribution is -0.167. The summed E-state index contributed by atoms with van der Waals surface area (Å²) in [5.74, 6) is -0.860. The lowest BCUT2D eigenvalue weighted by Gasteiger charge is -2.18. The van der Waals surface area contributed by atoms with Gasteiger partial charge in [-0.05, 0) is 51.4 Å². The van der Waals surface area contributed by atoms with Crippen LogP contribution >= 0.6 is 0 Å². The summed E-state index contributed by atoms with van der Waals surface area (Å²) in [5, 5.41) is 0. The van der Waals surface area contributed by atoms with Crippen LogP contribution < -0.4 is 0 Å². The topological polar surface area (TPSA) is 78.9 Å². The van der Waals surface area contributed by atoms with Gasteiger partial charge in [-0.2, -0.15) is 0 Å². The Hall–Kier alpha value is -2.11. The number of unbranched alkanes of at least 4 members (excludes halogenated alkanes) is 37. The van der Waals surface area contributed by atoms with E-state index < -0.39 is 6.10 Å². The van der Waals surface area contributed by atoms with E-state index >= 15 is 0 Å². The van der Waals surface area contributed by atoms with Crippen molar-refractivity contribution in [3.63, 3.8) is 0 Å². The van der Waals surface area contributed by atoms with Gasteiger partial charge in [0.05, 0.1) is 0 Å². The molecule has 64 heavy (non-hydrogen) atoms. The van der Waals surface area contributed by atoms with Crippen LogP contribution in [0.15, 0.2) is 24.3 Å². The molecule has 0 aromatic rings. The van der Waals surface area contributed by atoms with Gasteiger partial charge in [0, 0.05) is 19.3 Å². The van der Waals surface area contributed by atoms with Crippen LogP contribution in [0.4, 0.5) is 0 Å². The number of carbonyl (C=O) groups excluding carboxylic acids is 3. The van der Waals surface area contributed by atoms with Crippen LogP contribution in [0.3, 0.4) is 0 Å². The molecule has 0 bridgehead atoms. The number of esters is 3. The Balaban J connectivity index is 4.27. The van der Waals surface area contributed by atoms with Gasteiger partial charge in [0.2, 0.25) is 0 Å². The summed E-state index contributed by atoms with van der Waals surface area (Å²) in [4.78, 5) is 38.0. The molecule has 0 amide bonds. The molecule has 0 saturated carbocycles. The Morgan fingerprint density at radius 3 is 0.891 bits per heavy atom. The molecule has 0 rings (SSSR count). The molecule has 0 N–H and O–H groups in total. The van der Waals surface area contributed by atoms with Crippen molar-refractivity contribution in [1.29, 1.82) is 0 Å². The summed E-state index contributed by atoms with van der Waals surface area (Å²) >= 11 is 0. The molecule has 0 heterocycles. The van der Waals surface area contributed by atoms with Crippen LogP contribution in [0.2, 0.25) is 0 Å². The predicted molar refractivity (Wildman–Crippen MR) is 275 cm³/mol. The molecule has 0 radical (unpaired) electrons. The number of ether oxygens (including phenoxy) is 3. The van der Waals surface area contributed by atoms with Gasteiger partial charge in [-0.25, -0.2) is 0 Å². The Morgan fingerprint density at radius 2 is 0.562 bits per heavy atom. The minimum absolute atomic E-state index is 0.0693. The predicted octanol–water partition coefficient (Wildman–Crippen LogP) is 18.7. The van der Waals surface area contributed by atoms with E-state index in [1.165, 1.54) is 199 Å². The minimum Gasteiger partial charge on any atom is -0.462 e. The van der Waals surface area contributed by atoms with Crippen molar-refractivity contribution in [1.82, 2.24) is 0 Å². The molecule has 0 aromatic heterocycles. The van der Waals surface area contributed by atoms with E-state index in [1.54, 1.807) is 0 Å². The van der Waals surface area contributed by atoms with Gasteiger partial charge in [0.25, 0.3) is 0 Å². The van der Waals surface area contributed by atoms with Crippen LogP contribution in [0, 0.1) is 0 Å². The molecule has 6 heteroatoms. The van der Waals surface area contributed by atoms with E-state index in [-0.39, 0.29) is 31.1 Å². The highest BCUT2D eigenvalue weighted by Gasteiger charge is 2.19. The third-order valence-electron chi connectivity index (χ3n) is 12.7. The molecule has 0 aliphatic rings. The first-order valence-electron chi connectivity index (χ1n) is 28.3. The van der Waals surface area contributed by atoms with Crippen LogP contribution in [0.1, 0.15) is 310 Å². The summed E-state index contributed by atoms with van der Waals surface area (Å²) in [6, 6.07) is 0. The summed E-state index contributed by atoms with van der Waals surface area (Å²) in [7, 11) is 0.